The monoisotopic (exact) mass is 431 g/mol. The van der Waals surface area contributed by atoms with Crippen LogP contribution in [0.25, 0.3) is 0 Å². The lowest BCUT2D eigenvalue weighted by Crippen LogP contribution is -2.11. The lowest BCUT2D eigenvalue weighted by Gasteiger charge is -2.05. The smallest absolute Gasteiger partial charge is 0.224 e. The molecule has 0 saturated carbocycles. The number of thioether (sulfide) groups is 1. The molecule has 110 valence electrons. The molecule has 2 aromatic rings. The van der Waals surface area contributed by atoms with Crippen molar-refractivity contribution in [3.63, 3.8) is 0 Å². The van der Waals surface area contributed by atoms with Crippen LogP contribution in [0.3, 0.4) is 0 Å². The van der Waals surface area contributed by atoms with Crippen molar-refractivity contribution in [1.82, 2.24) is 0 Å². The quantitative estimate of drug-likeness (QED) is 0.374. The van der Waals surface area contributed by atoms with Crippen molar-refractivity contribution in [2.24, 2.45) is 0 Å². The lowest BCUT2D eigenvalue weighted by atomic mass is 10.3. The minimum Gasteiger partial charge on any atom is -0.326 e. The molecule has 0 atom stereocenters. The number of carbonyl (C=O) groups excluding carboxylic acids is 1. The van der Waals surface area contributed by atoms with E-state index >= 15 is 0 Å². The summed E-state index contributed by atoms with van der Waals surface area (Å²) in [6.07, 6.45) is 1.38. The summed E-state index contributed by atoms with van der Waals surface area (Å²) < 4.78 is 1.16. The van der Waals surface area contributed by atoms with Gasteiger partial charge in [0.25, 0.3) is 0 Å². The van der Waals surface area contributed by atoms with Crippen LogP contribution in [-0.2, 0) is 4.79 Å². The minimum atomic E-state index is 0.0629. The largest absolute Gasteiger partial charge is 0.326 e. The van der Waals surface area contributed by atoms with Gasteiger partial charge in [0.2, 0.25) is 5.91 Å². The highest BCUT2D eigenvalue weighted by atomic mass is 127. The molecule has 0 aliphatic heterocycles. The molecule has 0 aromatic heterocycles. The first kappa shape index (κ1) is 16.6. The Morgan fingerprint density at radius 2 is 1.76 bits per heavy atom. The number of halogens is 2. The zero-order valence-corrected chi connectivity index (χ0v) is 15.0. The van der Waals surface area contributed by atoms with Crippen molar-refractivity contribution in [3.05, 3.63) is 57.1 Å². The molecule has 0 saturated heterocycles. The number of carbonyl (C=O) groups is 1. The van der Waals surface area contributed by atoms with Gasteiger partial charge in [0.05, 0.1) is 0 Å². The molecule has 0 fully saturated rings. The van der Waals surface area contributed by atoms with E-state index in [0.717, 1.165) is 26.5 Å². The number of benzene rings is 2. The predicted molar refractivity (Wildman–Crippen MR) is 99.2 cm³/mol. The van der Waals surface area contributed by atoms with Gasteiger partial charge in [0, 0.05) is 25.6 Å². The van der Waals surface area contributed by atoms with E-state index in [1.54, 1.807) is 11.8 Å². The summed E-state index contributed by atoms with van der Waals surface area (Å²) in [7, 11) is 0. The maximum atomic E-state index is 11.8. The molecule has 0 heterocycles. The van der Waals surface area contributed by atoms with Crippen LogP contribution >= 0.6 is 46.0 Å². The Labute approximate surface area is 147 Å². The van der Waals surface area contributed by atoms with Gasteiger partial charge in [0.1, 0.15) is 0 Å². The molecule has 1 N–H and O–H groups in total. The van der Waals surface area contributed by atoms with Crippen molar-refractivity contribution < 1.29 is 4.79 Å². The fourth-order valence-corrected chi connectivity index (χ4v) is 3.05. The van der Waals surface area contributed by atoms with Gasteiger partial charge in [-0.3, -0.25) is 4.79 Å². The van der Waals surface area contributed by atoms with Crippen molar-refractivity contribution >= 4 is 57.5 Å². The van der Waals surface area contributed by atoms with E-state index in [1.165, 1.54) is 4.90 Å². The standard InChI is InChI=1S/C16H15ClINOS/c17-12-3-9-15(10-4-12)21-11-1-2-16(20)19-14-7-5-13(18)6-8-14/h3-10H,1-2,11H2,(H,19,20). The van der Waals surface area contributed by atoms with Crippen molar-refractivity contribution in [2.45, 2.75) is 17.7 Å². The maximum absolute atomic E-state index is 11.8. The molecular weight excluding hydrogens is 417 g/mol. The molecule has 0 aliphatic rings. The van der Waals surface area contributed by atoms with Crippen molar-refractivity contribution in [1.29, 1.82) is 0 Å². The van der Waals surface area contributed by atoms with Gasteiger partial charge in [-0.15, -0.1) is 11.8 Å². The third kappa shape index (κ3) is 6.28. The maximum Gasteiger partial charge on any atom is 0.224 e. The number of rotatable bonds is 6. The van der Waals surface area contributed by atoms with Crippen molar-refractivity contribution in [3.8, 4) is 0 Å². The van der Waals surface area contributed by atoms with Crippen LogP contribution in [-0.4, -0.2) is 11.7 Å². The normalized spacial score (nSPS) is 10.4. The Hall–Kier alpha value is -0.720. The molecule has 21 heavy (non-hydrogen) atoms. The Kier molecular flexibility index (Phi) is 6.86. The van der Waals surface area contributed by atoms with Crippen LogP contribution < -0.4 is 5.32 Å². The summed E-state index contributed by atoms with van der Waals surface area (Å²) in [5, 5.41) is 3.65. The Morgan fingerprint density at radius 1 is 1.10 bits per heavy atom. The topological polar surface area (TPSA) is 29.1 Å². The van der Waals surface area contributed by atoms with Gasteiger partial charge >= 0.3 is 0 Å². The summed E-state index contributed by atoms with van der Waals surface area (Å²) in [4.78, 5) is 13.0. The van der Waals surface area contributed by atoms with Gasteiger partial charge < -0.3 is 5.32 Å². The van der Waals surface area contributed by atoms with Crippen LogP contribution in [0.2, 0.25) is 5.02 Å². The fourth-order valence-electron chi connectivity index (χ4n) is 1.71. The van der Waals surface area contributed by atoms with Gasteiger partial charge in [-0.05, 0) is 83.3 Å². The van der Waals surface area contributed by atoms with E-state index in [9.17, 15) is 4.79 Å². The third-order valence-electron chi connectivity index (χ3n) is 2.76. The summed E-state index contributed by atoms with van der Waals surface area (Å²) in [5.74, 6) is 0.981. The first-order valence-electron chi connectivity index (χ1n) is 6.57. The van der Waals surface area contributed by atoms with E-state index in [0.29, 0.717) is 6.42 Å². The molecule has 2 nitrogen and oxygen atoms in total. The number of hydrogen-bond donors (Lipinski definition) is 1. The Balaban J connectivity index is 1.67. The van der Waals surface area contributed by atoms with Crippen LogP contribution in [0.5, 0.6) is 0 Å². The Morgan fingerprint density at radius 3 is 2.43 bits per heavy atom. The summed E-state index contributed by atoms with van der Waals surface area (Å²) in [5.41, 5.74) is 0.853. The zero-order valence-electron chi connectivity index (χ0n) is 11.3. The van der Waals surface area contributed by atoms with Gasteiger partial charge in [-0.1, -0.05) is 11.6 Å². The second-order valence-corrected chi connectivity index (χ2v) is 7.31. The molecular formula is C16H15ClINOS. The molecule has 2 aromatic carbocycles. The van der Waals surface area contributed by atoms with E-state index in [-0.39, 0.29) is 5.91 Å². The van der Waals surface area contributed by atoms with Crippen LogP contribution in [0.15, 0.2) is 53.4 Å². The molecule has 0 radical (unpaired) electrons. The Bertz CT molecular complexity index is 586. The highest BCUT2D eigenvalue weighted by molar-refractivity contribution is 14.1. The minimum absolute atomic E-state index is 0.0629. The van der Waals surface area contributed by atoms with Crippen LogP contribution in [0.4, 0.5) is 5.69 Å². The molecule has 0 spiro atoms. The fraction of sp³-hybridized carbons (Fsp3) is 0.188. The van der Waals surface area contributed by atoms with Crippen LogP contribution in [0.1, 0.15) is 12.8 Å². The molecule has 1 amide bonds. The SMILES string of the molecule is O=C(CCCSc1ccc(Cl)cc1)Nc1ccc(I)cc1. The summed E-state index contributed by atoms with van der Waals surface area (Å²) in [6, 6.07) is 15.6. The molecule has 5 heteroatoms. The molecule has 2 rings (SSSR count). The van der Waals surface area contributed by atoms with Crippen molar-refractivity contribution in [2.75, 3.05) is 11.1 Å². The third-order valence-corrected chi connectivity index (χ3v) is 4.83. The average Bonchev–Trinajstić information content (AvgIpc) is 2.48. The van der Waals surface area contributed by atoms with Crippen LogP contribution in [0, 0.1) is 3.57 Å². The molecule has 0 bridgehead atoms. The highest BCUT2D eigenvalue weighted by Crippen LogP contribution is 2.21. The number of hydrogen-bond acceptors (Lipinski definition) is 2. The number of nitrogens with one attached hydrogen (secondary N) is 1. The second-order valence-electron chi connectivity index (χ2n) is 4.46. The zero-order chi connectivity index (χ0) is 15.1. The number of amides is 1. The van der Waals surface area contributed by atoms with E-state index < -0.39 is 0 Å². The first-order valence-corrected chi connectivity index (χ1v) is 9.01. The predicted octanol–water partition coefficient (Wildman–Crippen LogP) is 5.46. The van der Waals surface area contributed by atoms with E-state index in [2.05, 4.69) is 27.9 Å². The highest BCUT2D eigenvalue weighted by Gasteiger charge is 2.02. The van der Waals surface area contributed by atoms with Gasteiger partial charge in [0.15, 0.2) is 0 Å². The van der Waals surface area contributed by atoms with Gasteiger partial charge in [-0.25, -0.2) is 0 Å². The molecule has 0 unspecified atom stereocenters. The van der Waals surface area contributed by atoms with E-state index in [4.69, 9.17) is 11.6 Å². The average molecular weight is 432 g/mol. The van der Waals surface area contributed by atoms with Gasteiger partial charge in [-0.2, -0.15) is 0 Å². The first-order chi connectivity index (χ1) is 10.1. The molecule has 0 aliphatic carbocycles. The van der Waals surface area contributed by atoms with E-state index in [1.807, 2.05) is 48.5 Å². The second kappa shape index (κ2) is 8.66. The lowest BCUT2D eigenvalue weighted by molar-refractivity contribution is -0.116. The summed E-state index contributed by atoms with van der Waals surface area (Å²) >= 11 is 9.82. The summed E-state index contributed by atoms with van der Waals surface area (Å²) in [6.45, 7) is 0. The number of anilines is 1.